The van der Waals surface area contributed by atoms with Gasteiger partial charge in [0.15, 0.2) is 0 Å². The second kappa shape index (κ2) is 6.45. The van der Waals surface area contributed by atoms with E-state index in [4.69, 9.17) is 21.1 Å². The van der Waals surface area contributed by atoms with E-state index in [2.05, 4.69) is 25.6 Å². The van der Waals surface area contributed by atoms with Crippen LogP contribution >= 0.6 is 11.6 Å². The van der Waals surface area contributed by atoms with Crippen LogP contribution < -0.4 is 9.47 Å². The van der Waals surface area contributed by atoms with E-state index in [0.717, 1.165) is 29.4 Å². The fourth-order valence-electron chi connectivity index (χ4n) is 2.51. The van der Waals surface area contributed by atoms with Gasteiger partial charge in [-0.15, -0.1) is 0 Å². The van der Waals surface area contributed by atoms with E-state index in [0.29, 0.717) is 12.7 Å². The Kier molecular flexibility index (Phi) is 4.39. The third-order valence-corrected chi connectivity index (χ3v) is 4.19. The standard InChI is InChI=1S/C13H16O2.C6H3Cl/c1-3-7-14-12-5-6-13-10(9-12)8-11(4-2)15-13;7-6-3-4-1-2-5(4)6/h3,5-6,9,11H,1,4,7-8H2,2H3;1-3H. The minimum atomic E-state index is 0.342. The van der Waals surface area contributed by atoms with Gasteiger partial charge >= 0.3 is 0 Å². The molecule has 0 saturated heterocycles. The molecule has 1 aromatic carbocycles. The van der Waals surface area contributed by atoms with Gasteiger partial charge in [0, 0.05) is 22.2 Å². The fraction of sp³-hybridized carbons (Fsp3) is 0.263. The number of hydrogen-bond acceptors (Lipinski definition) is 2. The van der Waals surface area contributed by atoms with E-state index in [1.807, 2.05) is 24.3 Å². The summed E-state index contributed by atoms with van der Waals surface area (Å²) in [6.07, 6.45) is 4.14. The molecule has 0 fully saturated rings. The van der Waals surface area contributed by atoms with Gasteiger partial charge in [0.05, 0.1) is 0 Å². The van der Waals surface area contributed by atoms with Crippen LogP contribution in [0.3, 0.4) is 0 Å². The van der Waals surface area contributed by atoms with Crippen molar-refractivity contribution in [1.82, 2.24) is 0 Å². The van der Waals surface area contributed by atoms with Crippen molar-refractivity contribution in [1.29, 1.82) is 0 Å². The lowest BCUT2D eigenvalue weighted by molar-refractivity contribution is 0.228. The van der Waals surface area contributed by atoms with Crippen molar-refractivity contribution in [3.8, 4) is 11.5 Å². The molecule has 0 aromatic heterocycles. The van der Waals surface area contributed by atoms with Crippen molar-refractivity contribution in [2.24, 2.45) is 0 Å². The SMILES string of the molecule is C=CCOc1ccc2c(c1)CC(CC)O2.Clc1cc2ccc1=2. The molecule has 0 radical (unpaired) electrons. The van der Waals surface area contributed by atoms with Crippen molar-refractivity contribution in [3.63, 3.8) is 0 Å². The molecule has 0 N–H and O–H groups in total. The van der Waals surface area contributed by atoms with Crippen LogP contribution in [0.15, 0.2) is 49.1 Å². The van der Waals surface area contributed by atoms with E-state index < -0.39 is 0 Å². The Morgan fingerprint density at radius 2 is 2.18 bits per heavy atom. The summed E-state index contributed by atoms with van der Waals surface area (Å²) >= 11 is 5.60. The molecule has 3 aliphatic rings. The Bertz CT molecular complexity index is 783. The molecule has 1 aliphatic heterocycles. The molecule has 3 heteroatoms. The normalized spacial score (nSPS) is 16.0. The molecule has 0 saturated carbocycles. The van der Waals surface area contributed by atoms with Crippen LogP contribution in [0.2, 0.25) is 5.02 Å². The number of rotatable bonds is 4. The lowest BCUT2D eigenvalue weighted by atomic mass is 10.1. The first-order valence-corrected chi connectivity index (χ1v) is 7.92. The summed E-state index contributed by atoms with van der Waals surface area (Å²) in [5.74, 6) is 1.90. The highest BCUT2D eigenvalue weighted by atomic mass is 35.5. The third kappa shape index (κ3) is 2.97. The summed E-state index contributed by atoms with van der Waals surface area (Å²) in [5.41, 5.74) is 1.25. The van der Waals surface area contributed by atoms with Gasteiger partial charge in [-0.25, -0.2) is 0 Å². The summed E-state index contributed by atoms with van der Waals surface area (Å²) in [6, 6.07) is 12.0. The van der Waals surface area contributed by atoms with E-state index in [1.54, 1.807) is 6.08 Å². The summed E-state index contributed by atoms with van der Waals surface area (Å²) in [5, 5.41) is 3.46. The summed E-state index contributed by atoms with van der Waals surface area (Å²) in [6.45, 7) is 6.32. The average Bonchev–Trinajstić information content (AvgIpc) is 2.93. The van der Waals surface area contributed by atoms with Crippen molar-refractivity contribution < 1.29 is 9.47 Å². The molecule has 0 bridgehead atoms. The quantitative estimate of drug-likeness (QED) is 0.637. The maximum Gasteiger partial charge on any atom is 0.123 e. The third-order valence-electron chi connectivity index (χ3n) is 3.88. The highest BCUT2D eigenvalue weighted by Gasteiger charge is 2.21. The maximum atomic E-state index is 5.74. The monoisotopic (exact) mass is 314 g/mol. The van der Waals surface area contributed by atoms with E-state index in [-0.39, 0.29) is 0 Å². The van der Waals surface area contributed by atoms with Crippen LogP contribution in [-0.2, 0) is 6.42 Å². The average molecular weight is 315 g/mol. The van der Waals surface area contributed by atoms with Crippen molar-refractivity contribution >= 4 is 11.6 Å². The van der Waals surface area contributed by atoms with Gasteiger partial charge in [0.1, 0.15) is 24.2 Å². The van der Waals surface area contributed by atoms with Crippen molar-refractivity contribution in [2.75, 3.05) is 6.61 Å². The molecule has 0 amide bonds. The van der Waals surface area contributed by atoms with Crippen LogP contribution in [0, 0.1) is 10.4 Å². The Morgan fingerprint density at radius 1 is 1.32 bits per heavy atom. The summed E-state index contributed by atoms with van der Waals surface area (Å²) in [4.78, 5) is 0. The first-order chi connectivity index (χ1) is 10.7. The molecule has 114 valence electrons. The molecule has 22 heavy (non-hydrogen) atoms. The second-order valence-electron chi connectivity index (χ2n) is 5.42. The molecular weight excluding hydrogens is 296 g/mol. The zero-order chi connectivity index (χ0) is 15.5. The Hall–Kier alpha value is -1.93. The topological polar surface area (TPSA) is 18.5 Å². The van der Waals surface area contributed by atoms with Crippen molar-refractivity contribution in [2.45, 2.75) is 25.9 Å². The number of ether oxygens (including phenoxy) is 2. The van der Waals surface area contributed by atoms with E-state index in [1.165, 1.54) is 16.0 Å². The lowest BCUT2D eigenvalue weighted by Gasteiger charge is -2.06. The van der Waals surface area contributed by atoms with Crippen LogP contribution in [0.4, 0.5) is 0 Å². The van der Waals surface area contributed by atoms with Gasteiger partial charge in [0.2, 0.25) is 0 Å². The van der Waals surface area contributed by atoms with Gasteiger partial charge in [-0.05, 0) is 35.9 Å². The number of halogens is 1. The van der Waals surface area contributed by atoms with E-state index >= 15 is 0 Å². The van der Waals surface area contributed by atoms with Crippen LogP contribution in [0.1, 0.15) is 18.9 Å². The van der Waals surface area contributed by atoms with Gasteiger partial charge in [-0.2, -0.15) is 0 Å². The number of benzene rings is 2. The highest BCUT2D eigenvalue weighted by molar-refractivity contribution is 6.31. The maximum absolute atomic E-state index is 5.74. The molecule has 0 spiro atoms. The Balaban J connectivity index is 0.000000169. The second-order valence-corrected chi connectivity index (χ2v) is 5.82. The zero-order valence-electron chi connectivity index (χ0n) is 12.6. The molecule has 1 atom stereocenters. The summed E-state index contributed by atoms with van der Waals surface area (Å²) in [7, 11) is 0. The van der Waals surface area contributed by atoms with Crippen LogP contribution in [0.5, 0.6) is 11.5 Å². The van der Waals surface area contributed by atoms with Gasteiger partial charge in [-0.3, -0.25) is 0 Å². The highest BCUT2D eigenvalue weighted by Crippen LogP contribution is 2.32. The number of hydrogen-bond donors (Lipinski definition) is 0. The lowest BCUT2D eigenvalue weighted by Crippen LogP contribution is -2.10. The van der Waals surface area contributed by atoms with Crippen molar-refractivity contribution in [3.05, 3.63) is 70.1 Å². The minimum Gasteiger partial charge on any atom is -0.490 e. The van der Waals surface area contributed by atoms with Gasteiger partial charge in [0.25, 0.3) is 0 Å². The van der Waals surface area contributed by atoms with Gasteiger partial charge < -0.3 is 9.47 Å². The fourth-order valence-corrected chi connectivity index (χ4v) is 2.80. The smallest absolute Gasteiger partial charge is 0.123 e. The van der Waals surface area contributed by atoms with Gasteiger partial charge in [-0.1, -0.05) is 43.3 Å². The zero-order valence-corrected chi connectivity index (χ0v) is 13.4. The first-order valence-electron chi connectivity index (χ1n) is 7.54. The van der Waals surface area contributed by atoms with Crippen LogP contribution in [-0.4, -0.2) is 12.7 Å². The first kappa shape index (κ1) is 15.0. The molecule has 1 aromatic rings. The molecule has 1 unspecified atom stereocenters. The Morgan fingerprint density at radius 3 is 2.68 bits per heavy atom. The molecular formula is C19H19ClO2. The number of fused-ring (bicyclic) bond motifs is 1. The molecule has 4 rings (SSSR count). The predicted molar refractivity (Wildman–Crippen MR) is 89.7 cm³/mol. The minimum absolute atomic E-state index is 0.342. The predicted octanol–water partition coefficient (Wildman–Crippen LogP) is 4.91. The molecule has 1 heterocycles. The van der Waals surface area contributed by atoms with Crippen LogP contribution in [0.25, 0.3) is 0 Å². The largest absolute Gasteiger partial charge is 0.490 e. The Labute approximate surface area is 135 Å². The molecule has 2 nitrogen and oxygen atoms in total. The molecule has 2 aliphatic carbocycles. The van der Waals surface area contributed by atoms with E-state index in [9.17, 15) is 0 Å². The summed E-state index contributed by atoms with van der Waals surface area (Å²) < 4.78 is 11.2.